The second kappa shape index (κ2) is 33.2. The lowest BCUT2D eigenvalue weighted by Crippen LogP contribution is -2.36. The lowest BCUT2D eigenvalue weighted by Gasteiger charge is -2.13. The molecule has 27 rings (SSSR count). The van der Waals surface area contributed by atoms with Gasteiger partial charge in [-0.1, -0.05) is 200 Å². The van der Waals surface area contributed by atoms with Gasteiger partial charge in [0.2, 0.25) is 71.3 Å². The summed E-state index contributed by atoms with van der Waals surface area (Å²) in [5, 5.41) is 6.73. The number of aromatic nitrogens is 12. The Morgan fingerprint density at radius 1 is 0.213 bits per heavy atom. The molecule has 648 valence electrons. The van der Waals surface area contributed by atoms with E-state index in [1.54, 1.807) is 0 Å². The summed E-state index contributed by atoms with van der Waals surface area (Å²) in [4.78, 5) is 22.3. The largest absolute Gasteiger partial charge is 0.236 e. The fourth-order valence-corrected chi connectivity index (χ4v) is 21.4. The predicted octanol–water partition coefficient (Wildman–Crippen LogP) is 25.1. The summed E-state index contributed by atoms with van der Waals surface area (Å²) in [6, 6.07) is 91.1. The first-order valence-corrected chi connectivity index (χ1v) is 45.7. The molecule has 0 spiro atoms. The van der Waals surface area contributed by atoms with Crippen molar-refractivity contribution < 1.29 is 28.1 Å². The standard InChI is InChI=1S/3C21H14N3.C19H18N3.2C18H16N3/c1-22-19-12-6-10-17-14-23-13-16-9-5-11-18(15-7-3-2-4-8-15)20(16)24(23)21(17)19;1-22-19-9-5-8-18-14-23-13-17-11-10-16(15-6-3-2-4-7-15)12-20(17)24(23)21(18)19;1-22-19-9-5-8-17-13-23-14-18-12-16(15-6-3-2-4-7-15)10-11-20(18)24(23)21(17)19;1-11-12(2)14(4)18-16(13(11)3)10-21-9-15-7-6-8-17(20-5)19(15)22(18)21;1-11-8-15-10-20-9-14-6-5-7-16(19-4)18(14)21(20)17(15)13(3)12(11)2;1-11-8-12(2)15-10-20-9-14-6-5-7-16(19-4)18(14)21(20)17(15)13(11)3/h2*2-12,14H,13H2;2-13H,14H2;6-9H,10H2,1-4H3;2*5-9H,10H2,1-3H3/q6*+1. The van der Waals surface area contributed by atoms with Crippen LogP contribution in [0.5, 0.6) is 0 Å². The molecule has 18 heteroatoms. The van der Waals surface area contributed by atoms with Gasteiger partial charge in [0.25, 0.3) is 0 Å². The summed E-state index contributed by atoms with van der Waals surface area (Å²) in [5.74, 6) is 0. The minimum absolute atomic E-state index is 0.696. The molecule has 0 unspecified atom stereocenters. The van der Waals surface area contributed by atoms with Crippen molar-refractivity contribution in [3.8, 4) is 67.5 Å². The van der Waals surface area contributed by atoms with Crippen LogP contribution in [0.4, 0.5) is 34.1 Å². The summed E-state index contributed by atoms with van der Waals surface area (Å²) in [6.07, 6.45) is 12.9. The molecule has 0 radical (unpaired) electrons. The van der Waals surface area contributed by atoms with E-state index in [0.717, 1.165) is 122 Å². The van der Waals surface area contributed by atoms with Gasteiger partial charge in [-0.05, 0) is 219 Å². The van der Waals surface area contributed by atoms with E-state index in [2.05, 4.69) is 368 Å². The van der Waals surface area contributed by atoms with E-state index in [4.69, 9.17) is 39.4 Å². The van der Waals surface area contributed by atoms with Crippen LogP contribution < -0.4 is 28.1 Å². The lowest BCUT2D eigenvalue weighted by atomic mass is 9.92. The predicted molar refractivity (Wildman–Crippen MR) is 537 cm³/mol. The zero-order chi connectivity index (χ0) is 93.3. The van der Waals surface area contributed by atoms with Gasteiger partial charge in [-0.15, -0.1) is 56.2 Å². The minimum Gasteiger partial charge on any atom is -0.236 e. The Morgan fingerprint density at radius 3 is 1.03 bits per heavy atom. The van der Waals surface area contributed by atoms with E-state index in [1.807, 2.05) is 91.0 Å². The van der Waals surface area contributed by atoms with Gasteiger partial charge >= 0.3 is 0 Å². The molecule has 0 saturated carbocycles. The van der Waals surface area contributed by atoms with Crippen LogP contribution in [0.1, 0.15) is 89.0 Å². The number of rotatable bonds is 3. The maximum Gasteiger partial charge on any atom is 0.217 e. The fourth-order valence-electron chi connectivity index (χ4n) is 21.4. The SMILES string of the molecule is [C-]#[N+]c1cccc2c[n+]3n(c12)-c1c(C)c(C)c(C)c(C)c1C3.[C-]#[N+]c1cccc2c[n+]3n(c12)-c1c(C)c(C)cc(C)c1C3.[C-]#[N+]c1cccc2c[n+]3n(c12)-c1c(cc(C)c(C)c1C)C3.[C-]#[N+]c1cccc2c[n+]3n(c12)-c1c(cccc1-c1ccccc1)C3.[C-]#[N+]c1cccc2c[n+]3n(c12)-c1cc(-c2ccccc2)ccc1C3.[C-]#[N+]c1cccc2c[n+]3n(c12)-c1ccc(-c2ccccc2)cc1C3. The highest BCUT2D eigenvalue weighted by atomic mass is 15.5. The Labute approximate surface area is 788 Å². The molecule has 0 bridgehead atoms. The third-order valence-corrected chi connectivity index (χ3v) is 28.5. The number of benzene rings is 15. The van der Waals surface area contributed by atoms with Gasteiger partial charge in [0.1, 0.15) is 67.2 Å². The number of hydrogen-bond acceptors (Lipinski definition) is 0. The Bertz CT molecular complexity index is 8990. The number of fused-ring (bicyclic) bond motifs is 30. The minimum atomic E-state index is 0.696. The average Bonchev–Trinajstić information content (AvgIpc) is 1.58. The summed E-state index contributed by atoms with van der Waals surface area (Å²) in [5.41, 5.74) is 46.3. The summed E-state index contributed by atoms with van der Waals surface area (Å²) in [7, 11) is 0. The molecule has 6 aliphatic rings. The van der Waals surface area contributed by atoms with Crippen LogP contribution in [0, 0.1) is 109 Å². The average molecular weight is 1760 g/mol. The molecule has 0 fully saturated rings. The van der Waals surface area contributed by atoms with Gasteiger partial charge in [-0.3, -0.25) is 0 Å². The van der Waals surface area contributed by atoms with E-state index in [0.29, 0.717) is 17.1 Å². The monoisotopic (exact) mass is 1760 g/mol. The van der Waals surface area contributed by atoms with Crippen molar-refractivity contribution in [3.63, 3.8) is 0 Å². The maximum absolute atomic E-state index is 7.53. The fraction of sp³-hybridized carbons (Fsp3) is 0.136. The van der Waals surface area contributed by atoms with Crippen molar-refractivity contribution in [2.75, 3.05) is 0 Å². The second-order valence-electron chi connectivity index (χ2n) is 36.0. The van der Waals surface area contributed by atoms with Gasteiger partial charge in [-0.2, -0.15) is 0 Å². The molecule has 0 saturated heterocycles. The molecule has 15 aromatic carbocycles. The Hall–Kier alpha value is -17.9. The highest BCUT2D eigenvalue weighted by Crippen LogP contribution is 2.44. The van der Waals surface area contributed by atoms with Gasteiger partial charge < -0.3 is 0 Å². The number of para-hydroxylation sites is 7. The molecule has 0 aliphatic carbocycles. The Balaban J connectivity index is 0.0000000947. The highest BCUT2D eigenvalue weighted by molar-refractivity contribution is 5.98. The second-order valence-corrected chi connectivity index (χ2v) is 36.0. The molecule has 21 aromatic rings. The summed E-state index contributed by atoms with van der Waals surface area (Å²) < 4.78 is 26.5. The molecule has 18 nitrogen and oxygen atoms in total. The zero-order valence-electron chi connectivity index (χ0n) is 77.2. The van der Waals surface area contributed by atoms with Gasteiger partial charge in [0.05, 0.1) is 82.9 Å². The van der Waals surface area contributed by atoms with Crippen LogP contribution >= 0.6 is 0 Å². The topological polar surface area (TPSA) is 79.0 Å². The zero-order valence-corrected chi connectivity index (χ0v) is 77.2. The van der Waals surface area contributed by atoms with Crippen LogP contribution in [0.25, 0.3) is 162 Å². The maximum atomic E-state index is 7.53. The first kappa shape index (κ1) is 83.7. The van der Waals surface area contributed by atoms with E-state index in [1.165, 1.54) is 157 Å². The molecular weight excluding hydrogens is 1670 g/mol. The van der Waals surface area contributed by atoms with Gasteiger partial charge in [0.15, 0.2) is 39.3 Å². The first-order chi connectivity index (χ1) is 66.3. The normalized spacial score (nSPS) is 12.1. The highest BCUT2D eigenvalue weighted by Gasteiger charge is 2.39. The molecule has 6 aromatic heterocycles. The van der Waals surface area contributed by atoms with Crippen LogP contribution in [0.3, 0.4) is 0 Å². The third kappa shape index (κ3) is 13.4. The molecule has 0 atom stereocenters. The molecular formula is C118H92N18+6. The van der Waals surface area contributed by atoms with Crippen molar-refractivity contribution in [2.45, 2.75) is 109 Å². The van der Waals surface area contributed by atoms with Gasteiger partial charge in [0, 0.05) is 27.8 Å². The Morgan fingerprint density at radius 2 is 0.559 bits per heavy atom. The molecule has 6 aliphatic heterocycles. The third-order valence-electron chi connectivity index (χ3n) is 28.5. The van der Waals surface area contributed by atoms with Crippen molar-refractivity contribution in [3.05, 3.63) is 462 Å². The lowest BCUT2D eigenvalue weighted by molar-refractivity contribution is -0.749. The Kier molecular flexibility index (Phi) is 20.4. The van der Waals surface area contributed by atoms with E-state index < -0.39 is 0 Å². The first-order valence-electron chi connectivity index (χ1n) is 45.7. The number of hydrogen-bond donors (Lipinski definition) is 0. The number of nitrogens with zero attached hydrogens (tertiary/aromatic N) is 18. The van der Waals surface area contributed by atoms with Crippen molar-refractivity contribution in [2.24, 2.45) is 0 Å². The van der Waals surface area contributed by atoms with E-state index in [9.17, 15) is 0 Å². The van der Waals surface area contributed by atoms with Crippen molar-refractivity contribution in [1.29, 1.82) is 0 Å². The number of aryl methyl sites for hydroxylation is 3. The van der Waals surface area contributed by atoms with Crippen LogP contribution in [-0.4, -0.2) is 28.1 Å². The van der Waals surface area contributed by atoms with Crippen LogP contribution in [0.15, 0.2) is 304 Å². The summed E-state index contributed by atoms with van der Waals surface area (Å²) >= 11 is 0. The van der Waals surface area contributed by atoms with Crippen molar-refractivity contribution >= 4 is 99.5 Å². The molecule has 136 heavy (non-hydrogen) atoms. The van der Waals surface area contributed by atoms with Crippen LogP contribution in [-0.2, 0) is 39.3 Å². The quantitative estimate of drug-likeness (QED) is 0.125. The smallest absolute Gasteiger partial charge is 0.217 e. The van der Waals surface area contributed by atoms with Gasteiger partial charge in [-0.25, -0.2) is 29.1 Å². The van der Waals surface area contributed by atoms with E-state index in [-0.39, 0.29) is 0 Å². The van der Waals surface area contributed by atoms with Crippen LogP contribution in [0.2, 0.25) is 0 Å². The molecule has 0 amide bonds. The molecule has 12 heterocycles. The summed E-state index contributed by atoms with van der Waals surface area (Å²) in [6.45, 7) is 71.9. The van der Waals surface area contributed by atoms with E-state index >= 15 is 0 Å². The molecule has 0 N–H and O–H groups in total. The van der Waals surface area contributed by atoms with Crippen molar-refractivity contribution in [1.82, 2.24) is 28.1 Å².